The van der Waals surface area contributed by atoms with E-state index in [1.54, 1.807) is 13.2 Å². The van der Waals surface area contributed by atoms with Crippen LogP contribution in [0.2, 0.25) is 0 Å². The van der Waals surface area contributed by atoms with Crippen molar-refractivity contribution in [2.24, 2.45) is 5.92 Å². The average molecular weight is 182 g/mol. The fourth-order valence-corrected chi connectivity index (χ4v) is 1.08. The van der Waals surface area contributed by atoms with Crippen molar-refractivity contribution in [3.05, 3.63) is 24.6 Å². The Bertz CT molecular complexity index is 209. The Balaban J connectivity index is 3.96. The van der Waals surface area contributed by atoms with Gasteiger partial charge < -0.3 is 10.6 Å². The smallest absolute Gasteiger partial charge is 0.222 e. The number of hydrogen-bond acceptors (Lipinski definition) is 2. The molecular formula is C10H18N2O. The molecule has 0 radical (unpaired) electrons. The zero-order valence-electron chi connectivity index (χ0n) is 8.55. The second kappa shape index (κ2) is 6.29. The largest absolute Gasteiger partial charge is 0.368 e. The Kier molecular flexibility index (Phi) is 5.68. The number of allylic oxidation sites excluding steroid dienone is 1. The minimum atomic E-state index is 0.0212. The van der Waals surface area contributed by atoms with Crippen LogP contribution in [0.15, 0.2) is 24.6 Å². The SMILES string of the molecule is C=CN/C=C(\C)CC(C)C(=O)NC. The molecule has 0 aliphatic heterocycles. The van der Waals surface area contributed by atoms with Gasteiger partial charge in [-0.15, -0.1) is 0 Å². The van der Waals surface area contributed by atoms with Gasteiger partial charge in [0.05, 0.1) is 0 Å². The number of hydrogen-bond donors (Lipinski definition) is 2. The highest BCUT2D eigenvalue weighted by atomic mass is 16.1. The number of carbonyl (C=O) groups excluding carboxylic acids is 1. The Morgan fingerprint density at radius 3 is 2.69 bits per heavy atom. The van der Waals surface area contributed by atoms with Crippen LogP contribution in [-0.4, -0.2) is 13.0 Å². The molecule has 0 aliphatic carbocycles. The molecule has 0 aliphatic rings. The zero-order valence-corrected chi connectivity index (χ0v) is 8.55. The van der Waals surface area contributed by atoms with Gasteiger partial charge >= 0.3 is 0 Å². The molecule has 0 aromatic rings. The topological polar surface area (TPSA) is 41.1 Å². The van der Waals surface area contributed by atoms with E-state index in [-0.39, 0.29) is 11.8 Å². The second-order valence-electron chi connectivity index (χ2n) is 3.08. The molecular weight excluding hydrogens is 164 g/mol. The fraction of sp³-hybridized carbons (Fsp3) is 0.500. The van der Waals surface area contributed by atoms with Crippen LogP contribution in [0.1, 0.15) is 20.3 Å². The fourth-order valence-electron chi connectivity index (χ4n) is 1.08. The van der Waals surface area contributed by atoms with Gasteiger partial charge in [0.15, 0.2) is 0 Å². The first-order chi connectivity index (χ1) is 6.11. The minimum Gasteiger partial charge on any atom is -0.368 e. The summed E-state index contributed by atoms with van der Waals surface area (Å²) in [6, 6.07) is 0. The molecule has 0 rings (SSSR count). The van der Waals surface area contributed by atoms with E-state index in [2.05, 4.69) is 17.2 Å². The molecule has 0 aromatic carbocycles. The summed E-state index contributed by atoms with van der Waals surface area (Å²) in [6.45, 7) is 7.42. The van der Waals surface area contributed by atoms with Crippen LogP contribution in [0.3, 0.4) is 0 Å². The van der Waals surface area contributed by atoms with Crippen molar-refractivity contribution in [3.8, 4) is 0 Å². The van der Waals surface area contributed by atoms with E-state index in [0.29, 0.717) is 0 Å². The van der Waals surface area contributed by atoms with Crippen molar-refractivity contribution in [2.45, 2.75) is 20.3 Å². The second-order valence-corrected chi connectivity index (χ2v) is 3.08. The molecule has 0 saturated carbocycles. The van der Waals surface area contributed by atoms with Crippen LogP contribution in [0, 0.1) is 5.92 Å². The third-order valence-corrected chi connectivity index (χ3v) is 1.77. The molecule has 3 nitrogen and oxygen atoms in total. The van der Waals surface area contributed by atoms with Gasteiger partial charge in [-0.1, -0.05) is 19.1 Å². The first kappa shape index (κ1) is 11.8. The maximum absolute atomic E-state index is 11.1. The highest BCUT2D eigenvalue weighted by molar-refractivity contribution is 5.78. The lowest BCUT2D eigenvalue weighted by molar-refractivity contribution is -0.123. The molecule has 0 saturated heterocycles. The van der Waals surface area contributed by atoms with Gasteiger partial charge in [0.25, 0.3) is 0 Å². The highest BCUT2D eigenvalue weighted by Gasteiger charge is 2.10. The number of carbonyl (C=O) groups is 1. The number of nitrogens with one attached hydrogen (secondary N) is 2. The van der Waals surface area contributed by atoms with Crippen molar-refractivity contribution in [1.82, 2.24) is 10.6 Å². The molecule has 1 amide bonds. The van der Waals surface area contributed by atoms with Crippen molar-refractivity contribution in [1.29, 1.82) is 0 Å². The standard InChI is InChI=1S/C10H18N2O/c1-5-12-7-8(2)6-9(3)10(13)11-4/h5,7,9,12H,1,6H2,2-4H3,(H,11,13)/b8-7+. The molecule has 2 N–H and O–H groups in total. The molecule has 0 fully saturated rings. The third-order valence-electron chi connectivity index (χ3n) is 1.77. The van der Waals surface area contributed by atoms with E-state index in [9.17, 15) is 4.79 Å². The van der Waals surface area contributed by atoms with Gasteiger partial charge in [-0.05, 0) is 25.7 Å². The Morgan fingerprint density at radius 1 is 1.62 bits per heavy atom. The van der Waals surface area contributed by atoms with Gasteiger partial charge in [-0.3, -0.25) is 4.79 Å². The van der Waals surface area contributed by atoms with E-state index in [0.717, 1.165) is 12.0 Å². The predicted molar refractivity (Wildman–Crippen MR) is 54.9 cm³/mol. The third kappa shape index (κ3) is 5.06. The molecule has 0 bridgehead atoms. The van der Waals surface area contributed by atoms with E-state index in [1.165, 1.54) is 0 Å². The highest BCUT2D eigenvalue weighted by Crippen LogP contribution is 2.09. The maximum Gasteiger partial charge on any atom is 0.222 e. The summed E-state index contributed by atoms with van der Waals surface area (Å²) in [5, 5.41) is 5.50. The molecule has 13 heavy (non-hydrogen) atoms. The van der Waals surface area contributed by atoms with Crippen LogP contribution in [0.5, 0.6) is 0 Å². The zero-order chi connectivity index (χ0) is 10.3. The summed E-state index contributed by atoms with van der Waals surface area (Å²) in [7, 11) is 1.65. The van der Waals surface area contributed by atoms with Crippen molar-refractivity contribution in [2.75, 3.05) is 7.05 Å². The van der Waals surface area contributed by atoms with Gasteiger partial charge in [0.1, 0.15) is 0 Å². The van der Waals surface area contributed by atoms with Gasteiger partial charge in [-0.25, -0.2) is 0 Å². The quantitative estimate of drug-likeness (QED) is 0.674. The van der Waals surface area contributed by atoms with E-state index in [1.807, 2.05) is 20.0 Å². The minimum absolute atomic E-state index is 0.0212. The summed E-state index contributed by atoms with van der Waals surface area (Å²) in [4.78, 5) is 11.1. The monoisotopic (exact) mass is 182 g/mol. The first-order valence-electron chi connectivity index (χ1n) is 4.36. The lowest BCUT2D eigenvalue weighted by Crippen LogP contribution is -2.25. The van der Waals surface area contributed by atoms with Crippen LogP contribution in [0.25, 0.3) is 0 Å². The van der Waals surface area contributed by atoms with Gasteiger partial charge in [-0.2, -0.15) is 0 Å². The molecule has 0 aromatic heterocycles. The van der Waals surface area contributed by atoms with Crippen LogP contribution in [0.4, 0.5) is 0 Å². The number of amides is 1. The van der Waals surface area contributed by atoms with E-state index < -0.39 is 0 Å². The maximum atomic E-state index is 11.1. The van der Waals surface area contributed by atoms with Crippen molar-refractivity contribution < 1.29 is 4.79 Å². The van der Waals surface area contributed by atoms with Crippen molar-refractivity contribution in [3.63, 3.8) is 0 Å². The lowest BCUT2D eigenvalue weighted by atomic mass is 10.0. The summed E-state index contributed by atoms with van der Waals surface area (Å²) in [5.41, 5.74) is 1.14. The molecule has 74 valence electrons. The predicted octanol–water partition coefficient (Wildman–Crippen LogP) is 1.40. The van der Waals surface area contributed by atoms with Crippen LogP contribution in [-0.2, 0) is 4.79 Å². The Morgan fingerprint density at radius 2 is 2.23 bits per heavy atom. The van der Waals surface area contributed by atoms with E-state index >= 15 is 0 Å². The average Bonchev–Trinajstić information content (AvgIpc) is 2.13. The van der Waals surface area contributed by atoms with Crippen LogP contribution >= 0.6 is 0 Å². The van der Waals surface area contributed by atoms with Crippen molar-refractivity contribution >= 4 is 5.91 Å². The molecule has 1 unspecified atom stereocenters. The lowest BCUT2D eigenvalue weighted by Gasteiger charge is -2.09. The van der Waals surface area contributed by atoms with E-state index in [4.69, 9.17) is 0 Å². The molecule has 0 spiro atoms. The Hall–Kier alpha value is -1.25. The Labute approximate surface area is 79.9 Å². The van der Waals surface area contributed by atoms with Gasteiger partial charge in [0, 0.05) is 13.0 Å². The normalized spacial score (nSPS) is 13.3. The molecule has 3 heteroatoms. The number of rotatable bonds is 5. The summed E-state index contributed by atoms with van der Waals surface area (Å²) in [6.07, 6.45) is 4.22. The molecule has 0 heterocycles. The van der Waals surface area contributed by atoms with Gasteiger partial charge in [0.2, 0.25) is 5.91 Å². The first-order valence-corrected chi connectivity index (χ1v) is 4.36. The van der Waals surface area contributed by atoms with Crippen LogP contribution < -0.4 is 10.6 Å². The summed E-state index contributed by atoms with van der Waals surface area (Å²) < 4.78 is 0. The molecule has 1 atom stereocenters. The summed E-state index contributed by atoms with van der Waals surface area (Å²) >= 11 is 0. The summed E-state index contributed by atoms with van der Waals surface area (Å²) in [5.74, 6) is 0.0965.